The number of carbonyl (C=O) groups excluding carboxylic acids is 1. The van der Waals surface area contributed by atoms with E-state index in [0.29, 0.717) is 13.1 Å². The van der Waals surface area contributed by atoms with Crippen molar-refractivity contribution in [2.75, 3.05) is 19.6 Å². The van der Waals surface area contributed by atoms with Crippen molar-refractivity contribution in [3.05, 3.63) is 0 Å². The Morgan fingerprint density at radius 1 is 1.30 bits per heavy atom. The molecular formula is C14H24N2O4. The number of aliphatic hydroxyl groups excluding tert-OH is 1. The molecule has 2 saturated heterocycles. The van der Waals surface area contributed by atoms with Crippen LogP contribution in [0.4, 0.5) is 4.79 Å². The lowest BCUT2D eigenvalue weighted by Gasteiger charge is -2.30. The third-order valence-electron chi connectivity index (χ3n) is 5.02. The first kappa shape index (κ1) is 15.1. The summed E-state index contributed by atoms with van der Waals surface area (Å²) < 4.78 is 0. The highest BCUT2D eigenvalue weighted by Crippen LogP contribution is 2.37. The second-order valence-electron chi connectivity index (χ2n) is 6.06. The normalized spacial score (nSPS) is 28.9. The summed E-state index contributed by atoms with van der Waals surface area (Å²) in [5.41, 5.74) is 0.173. The van der Waals surface area contributed by atoms with Crippen molar-refractivity contribution in [3.8, 4) is 0 Å². The zero-order chi connectivity index (χ0) is 14.9. The van der Waals surface area contributed by atoms with Gasteiger partial charge in [-0.15, -0.1) is 0 Å². The molecule has 6 heteroatoms. The van der Waals surface area contributed by atoms with E-state index in [9.17, 15) is 14.7 Å². The maximum absolute atomic E-state index is 12.5. The largest absolute Gasteiger partial charge is 0.480 e. The van der Waals surface area contributed by atoms with Crippen molar-refractivity contribution in [2.45, 2.75) is 51.7 Å². The molecule has 2 N–H and O–H groups in total. The molecule has 0 aromatic carbocycles. The Morgan fingerprint density at radius 3 is 2.45 bits per heavy atom. The number of carboxylic acid groups (broad SMARTS) is 1. The number of hydrogen-bond donors (Lipinski definition) is 2. The van der Waals surface area contributed by atoms with Crippen LogP contribution in [-0.2, 0) is 4.79 Å². The van der Waals surface area contributed by atoms with Crippen LogP contribution in [0.25, 0.3) is 0 Å². The Morgan fingerprint density at radius 2 is 1.95 bits per heavy atom. The van der Waals surface area contributed by atoms with Crippen molar-refractivity contribution in [2.24, 2.45) is 5.41 Å². The summed E-state index contributed by atoms with van der Waals surface area (Å²) in [5, 5.41) is 18.8. The molecule has 2 atom stereocenters. The van der Waals surface area contributed by atoms with Crippen LogP contribution in [0.5, 0.6) is 0 Å². The Bertz CT molecular complexity index is 395. The maximum Gasteiger partial charge on any atom is 0.326 e. The van der Waals surface area contributed by atoms with Crippen LogP contribution in [0.3, 0.4) is 0 Å². The minimum absolute atomic E-state index is 0.123. The number of urea groups is 1. The molecule has 0 aliphatic carbocycles. The molecule has 2 aliphatic heterocycles. The summed E-state index contributed by atoms with van der Waals surface area (Å²) in [6.45, 7) is 5.77. The van der Waals surface area contributed by atoms with E-state index in [2.05, 4.69) is 13.8 Å². The molecular weight excluding hydrogens is 260 g/mol. The molecule has 2 fully saturated rings. The van der Waals surface area contributed by atoms with E-state index in [-0.39, 0.29) is 24.4 Å². The molecule has 0 spiro atoms. The Kier molecular flexibility index (Phi) is 4.22. The van der Waals surface area contributed by atoms with E-state index in [4.69, 9.17) is 5.11 Å². The number of hydrogen-bond acceptors (Lipinski definition) is 3. The van der Waals surface area contributed by atoms with Gasteiger partial charge in [0.15, 0.2) is 0 Å². The van der Waals surface area contributed by atoms with E-state index in [0.717, 1.165) is 19.3 Å². The molecule has 0 bridgehead atoms. The zero-order valence-electron chi connectivity index (χ0n) is 12.2. The Balaban J connectivity index is 2.07. The second-order valence-corrected chi connectivity index (χ2v) is 6.06. The summed E-state index contributed by atoms with van der Waals surface area (Å²) in [5.74, 6) is -1.04. The van der Waals surface area contributed by atoms with Gasteiger partial charge in [-0.25, -0.2) is 9.59 Å². The molecule has 114 valence electrons. The lowest BCUT2D eigenvalue weighted by atomic mass is 9.82. The van der Waals surface area contributed by atoms with Gasteiger partial charge in [-0.05, 0) is 24.7 Å². The van der Waals surface area contributed by atoms with Crippen LogP contribution in [0.15, 0.2) is 0 Å². The molecule has 20 heavy (non-hydrogen) atoms. The fourth-order valence-electron chi connectivity index (χ4n) is 3.37. The number of likely N-dealkylation sites (tertiary alicyclic amines) is 2. The molecule has 0 aromatic heterocycles. The second kappa shape index (κ2) is 5.60. The summed E-state index contributed by atoms with van der Waals surface area (Å²) in [6, 6.07) is -1.13. The van der Waals surface area contributed by atoms with E-state index < -0.39 is 18.1 Å². The number of carboxylic acids is 1. The van der Waals surface area contributed by atoms with Gasteiger partial charge in [0.2, 0.25) is 0 Å². The van der Waals surface area contributed by atoms with Gasteiger partial charge < -0.3 is 20.0 Å². The molecule has 2 heterocycles. The summed E-state index contributed by atoms with van der Waals surface area (Å²) in [6.07, 6.45) is 2.42. The van der Waals surface area contributed by atoms with Crippen LogP contribution < -0.4 is 0 Å². The van der Waals surface area contributed by atoms with E-state index in [1.807, 2.05) is 0 Å². The average molecular weight is 284 g/mol. The Hall–Kier alpha value is -1.30. The van der Waals surface area contributed by atoms with Crippen molar-refractivity contribution in [3.63, 3.8) is 0 Å². The SMILES string of the molecule is CCC1(CC)CCN(C(=O)N2CC(O)CC2C(=O)O)C1. The lowest BCUT2D eigenvalue weighted by Crippen LogP contribution is -2.48. The fourth-order valence-corrected chi connectivity index (χ4v) is 3.37. The predicted molar refractivity (Wildman–Crippen MR) is 73.4 cm³/mol. The van der Waals surface area contributed by atoms with Crippen molar-refractivity contribution in [1.82, 2.24) is 9.80 Å². The molecule has 2 rings (SSSR count). The van der Waals surface area contributed by atoms with Gasteiger partial charge in [0.05, 0.1) is 6.10 Å². The quantitative estimate of drug-likeness (QED) is 0.814. The van der Waals surface area contributed by atoms with Gasteiger partial charge >= 0.3 is 12.0 Å². The molecule has 2 aliphatic rings. The summed E-state index contributed by atoms with van der Waals surface area (Å²) in [4.78, 5) is 26.8. The van der Waals surface area contributed by atoms with Gasteiger partial charge in [0.25, 0.3) is 0 Å². The molecule has 2 amide bonds. The number of carbonyl (C=O) groups is 2. The molecule has 0 aromatic rings. The van der Waals surface area contributed by atoms with Crippen LogP contribution in [-0.4, -0.2) is 63.8 Å². The number of nitrogens with zero attached hydrogens (tertiary/aromatic N) is 2. The minimum Gasteiger partial charge on any atom is -0.480 e. The average Bonchev–Trinajstić information content (AvgIpc) is 3.02. The molecule has 0 saturated carbocycles. The number of rotatable bonds is 3. The highest BCUT2D eigenvalue weighted by atomic mass is 16.4. The first-order valence-corrected chi connectivity index (χ1v) is 7.39. The number of aliphatic hydroxyl groups is 1. The third-order valence-corrected chi connectivity index (χ3v) is 5.02. The van der Waals surface area contributed by atoms with Gasteiger partial charge in [-0.1, -0.05) is 13.8 Å². The van der Waals surface area contributed by atoms with Crippen LogP contribution in [0, 0.1) is 5.41 Å². The van der Waals surface area contributed by atoms with Gasteiger partial charge in [0, 0.05) is 26.1 Å². The van der Waals surface area contributed by atoms with E-state index in [1.54, 1.807) is 4.90 Å². The fraction of sp³-hybridized carbons (Fsp3) is 0.857. The van der Waals surface area contributed by atoms with Crippen LogP contribution in [0.2, 0.25) is 0 Å². The number of β-amino-alcohol motifs (C(OH)–C–C–N with tert-alkyl or cyclic N) is 1. The summed E-state index contributed by atoms with van der Waals surface area (Å²) >= 11 is 0. The Labute approximate surface area is 119 Å². The zero-order valence-corrected chi connectivity index (χ0v) is 12.2. The van der Waals surface area contributed by atoms with Crippen LogP contribution >= 0.6 is 0 Å². The lowest BCUT2D eigenvalue weighted by molar-refractivity contribution is -0.141. The van der Waals surface area contributed by atoms with Gasteiger partial charge in [-0.2, -0.15) is 0 Å². The maximum atomic E-state index is 12.5. The number of aliphatic carboxylic acids is 1. The third kappa shape index (κ3) is 2.61. The smallest absolute Gasteiger partial charge is 0.326 e. The molecule has 6 nitrogen and oxygen atoms in total. The standard InChI is InChI=1S/C14H24N2O4/c1-3-14(4-2)5-6-15(9-14)13(20)16-8-10(17)7-11(16)12(18)19/h10-11,17H,3-9H2,1-2H3,(H,18,19). The first-order chi connectivity index (χ1) is 9.42. The molecule has 2 unspecified atom stereocenters. The highest BCUT2D eigenvalue weighted by molar-refractivity contribution is 5.83. The number of amides is 2. The first-order valence-electron chi connectivity index (χ1n) is 7.39. The predicted octanol–water partition coefficient (Wildman–Crippen LogP) is 1.14. The molecule has 0 radical (unpaired) electrons. The van der Waals surface area contributed by atoms with Crippen molar-refractivity contribution >= 4 is 12.0 Å². The summed E-state index contributed by atoms with van der Waals surface area (Å²) in [7, 11) is 0. The highest BCUT2D eigenvalue weighted by Gasteiger charge is 2.44. The van der Waals surface area contributed by atoms with Crippen molar-refractivity contribution < 1.29 is 19.8 Å². The van der Waals surface area contributed by atoms with E-state index >= 15 is 0 Å². The minimum atomic E-state index is -1.04. The topological polar surface area (TPSA) is 81.1 Å². The van der Waals surface area contributed by atoms with E-state index in [1.165, 1.54) is 4.90 Å². The van der Waals surface area contributed by atoms with Gasteiger partial charge in [0.1, 0.15) is 6.04 Å². The van der Waals surface area contributed by atoms with Gasteiger partial charge in [-0.3, -0.25) is 0 Å². The monoisotopic (exact) mass is 284 g/mol. The van der Waals surface area contributed by atoms with Crippen LogP contribution in [0.1, 0.15) is 39.5 Å². The van der Waals surface area contributed by atoms with Crippen molar-refractivity contribution in [1.29, 1.82) is 0 Å².